The van der Waals surface area contributed by atoms with Crippen LogP contribution in [0, 0.1) is 0 Å². The van der Waals surface area contributed by atoms with Crippen molar-refractivity contribution in [3.63, 3.8) is 0 Å². The van der Waals surface area contributed by atoms with Crippen LogP contribution in [0.3, 0.4) is 0 Å². The van der Waals surface area contributed by atoms with Crippen LogP contribution >= 0.6 is 23.2 Å². The first-order valence-electron chi connectivity index (χ1n) is 6.63. The molecule has 1 heterocycles. The van der Waals surface area contributed by atoms with E-state index in [4.69, 9.17) is 23.2 Å². The molecule has 0 fully saturated rings. The van der Waals surface area contributed by atoms with E-state index >= 15 is 0 Å². The molecule has 2 nitrogen and oxygen atoms in total. The lowest BCUT2D eigenvalue weighted by molar-refractivity contribution is 0.192. The minimum absolute atomic E-state index is 0.451. The van der Waals surface area contributed by atoms with Crippen LogP contribution in [-0.2, 0) is 6.54 Å². The first-order chi connectivity index (χ1) is 8.58. The zero-order valence-electron chi connectivity index (χ0n) is 11.4. The summed E-state index contributed by atoms with van der Waals surface area (Å²) in [5.41, 5.74) is 1.05. The van der Waals surface area contributed by atoms with E-state index in [0.717, 1.165) is 25.1 Å². The molecule has 0 N–H and O–H groups in total. The summed E-state index contributed by atoms with van der Waals surface area (Å²) in [6, 6.07) is 4.33. The van der Waals surface area contributed by atoms with E-state index < -0.39 is 0 Å². The molecule has 0 radical (unpaired) electrons. The average Bonchev–Trinajstić information content (AvgIpc) is 2.36. The fourth-order valence-electron chi connectivity index (χ4n) is 1.85. The molecule has 0 aliphatic heterocycles. The SMILES string of the molecule is CCCCN(Cc1ccc(Cl)nc1Cl)C(C)CC. The maximum absolute atomic E-state index is 6.13. The molecule has 0 spiro atoms. The number of hydrogen-bond acceptors (Lipinski definition) is 2. The van der Waals surface area contributed by atoms with Crippen LogP contribution in [-0.4, -0.2) is 22.5 Å². The summed E-state index contributed by atoms with van der Waals surface area (Å²) in [6.45, 7) is 8.63. The lowest BCUT2D eigenvalue weighted by Crippen LogP contribution is -2.33. The predicted molar refractivity (Wildman–Crippen MR) is 79.3 cm³/mol. The van der Waals surface area contributed by atoms with E-state index in [2.05, 4.69) is 30.7 Å². The predicted octanol–water partition coefficient (Wildman–Crippen LogP) is 4.79. The molecule has 1 aromatic rings. The van der Waals surface area contributed by atoms with Crippen molar-refractivity contribution in [2.75, 3.05) is 6.54 Å². The highest BCUT2D eigenvalue weighted by atomic mass is 35.5. The molecule has 1 rings (SSSR count). The smallest absolute Gasteiger partial charge is 0.135 e. The Morgan fingerprint density at radius 3 is 2.56 bits per heavy atom. The van der Waals surface area contributed by atoms with Crippen molar-refractivity contribution in [2.24, 2.45) is 0 Å². The quantitative estimate of drug-likeness (QED) is 0.671. The van der Waals surface area contributed by atoms with Gasteiger partial charge >= 0.3 is 0 Å². The van der Waals surface area contributed by atoms with Crippen molar-refractivity contribution >= 4 is 23.2 Å². The van der Waals surface area contributed by atoms with Crippen molar-refractivity contribution < 1.29 is 0 Å². The summed E-state index contributed by atoms with van der Waals surface area (Å²) in [7, 11) is 0. The van der Waals surface area contributed by atoms with Gasteiger partial charge < -0.3 is 0 Å². The topological polar surface area (TPSA) is 16.1 Å². The van der Waals surface area contributed by atoms with E-state index in [1.165, 1.54) is 12.8 Å². The summed E-state index contributed by atoms with van der Waals surface area (Å²) in [6.07, 6.45) is 3.56. The maximum atomic E-state index is 6.13. The van der Waals surface area contributed by atoms with Gasteiger partial charge in [0.15, 0.2) is 0 Å². The van der Waals surface area contributed by atoms with Crippen LogP contribution in [0.4, 0.5) is 0 Å². The number of rotatable bonds is 7. The molecular formula is C14H22Cl2N2. The summed E-state index contributed by atoms with van der Waals surface area (Å²) in [5, 5.41) is 0.972. The van der Waals surface area contributed by atoms with Gasteiger partial charge in [0.25, 0.3) is 0 Å². The molecule has 0 saturated heterocycles. The number of hydrogen-bond donors (Lipinski definition) is 0. The van der Waals surface area contributed by atoms with Gasteiger partial charge in [-0.1, -0.05) is 49.5 Å². The molecular weight excluding hydrogens is 267 g/mol. The van der Waals surface area contributed by atoms with Gasteiger partial charge in [-0.3, -0.25) is 4.90 Å². The van der Waals surface area contributed by atoms with Gasteiger partial charge in [-0.05, 0) is 32.4 Å². The van der Waals surface area contributed by atoms with Crippen LogP contribution in [0.1, 0.15) is 45.6 Å². The fraction of sp³-hybridized carbons (Fsp3) is 0.643. The Labute approximate surface area is 120 Å². The van der Waals surface area contributed by atoms with Gasteiger partial charge in [0.2, 0.25) is 0 Å². The second-order valence-electron chi connectivity index (χ2n) is 4.67. The van der Waals surface area contributed by atoms with Crippen molar-refractivity contribution in [3.8, 4) is 0 Å². The lowest BCUT2D eigenvalue weighted by atomic mass is 10.1. The van der Waals surface area contributed by atoms with Gasteiger partial charge in [-0.2, -0.15) is 0 Å². The average molecular weight is 289 g/mol. The largest absolute Gasteiger partial charge is 0.296 e. The molecule has 0 aliphatic carbocycles. The van der Waals surface area contributed by atoms with Crippen LogP contribution in [0.2, 0.25) is 10.3 Å². The molecule has 1 unspecified atom stereocenters. The highest BCUT2D eigenvalue weighted by Crippen LogP contribution is 2.20. The molecule has 102 valence electrons. The number of unbranched alkanes of at least 4 members (excludes halogenated alkanes) is 1. The first-order valence-corrected chi connectivity index (χ1v) is 7.39. The van der Waals surface area contributed by atoms with Gasteiger partial charge in [-0.15, -0.1) is 0 Å². The minimum Gasteiger partial charge on any atom is -0.296 e. The van der Waals surface area contributed by atoms with E-state index in [0.29, 0.717) is 16.3 Å². The molecule has 0 bridgehead atoms. The van der Waals surface area contributed by atoms with Crippen molar-refractivity contribution in [1.82, 2.24) is 9.88 Å². The molecule has 4 heteroatoms. The maximum Gasteiger partial charge on any atom is 0.135 e. The van der Waals surface area contributed by atoms with E-state index in [1.54, 1.807) is 6.07 Å². The van der Waals surface area contributed by atoms with Gasteiger partial charge in [0.1, 0.15) is 10.3 Å². The third-order valence-corrected chi connectivity index (χ3v) is 3.82. The van der Waals surface area contributed by atoms with Crippen molar-refractivity contribution in [3.05, 3.63) is 28.0 Å². The molecule has 0 aromatic carbocycles. The van der Waals surface area contributed by atoms with Gasteiger partial charge in [0, 0.05) is 18.2 Å². The standard InChI is InChI=1S/C14H22Cl2N2/c1-4-6-9-18(11(3)5-2)10-12-7-8-13(15)17-14(12)16/h7-8,11H,4-6,9-10H2,1-3H3. The summed E-state index contributed by atoms with van der Waals surface area (Å²) >= 11 is 12.0. The number of pyridine rings is 1. The highest BCUT2D eigenvalue weighted by Gasteiger charge is 2.14. The Balaban J connectivity index is 2.75. The fourth-order valence-corrected chi connectivity index (χ4v) is 2.26. The summed E-state index contributed by atoms with van der Waals surface area (Å²) < 4.78 is 0. The van der Waals surface area contributed by atoms with Gasteiger partial charge in [-0.25, -0.2) is 4.98 Å². The van der Waals surface area contributed by atoms with Crippen LogP contribution in [0.25, 0.3) is 0 Å². The Kier molecular flexibility index (Phi) is 6.98. The second-order valence-corrected chi connectivity index (χ2v) is 5.41. The van der Waals surface area contributed by atoms with Gasteiger partial charge in [0.05, 0.1) is 0 Å². The second kappa shape index (κ2) is 7.98. The molecule has 0 aliphatic rings. The molecule has 18 heavy (non-hydrogen) atoms. The molecule has 0 saturated carbocycles. The Hall–Kier alpha value is -0.310. The lowest BCUT2D eigenvalue weighted by Gasteiger charge is -2.28. The number of halogens is 2. The number of aromatic nitrogens is 1. The summed E-state index contributed by atoms with van der Waals surface area (Å²) in [4.78, 5) is 6.55. The van der Waals surface area contributed by atoms with Crippen LogP contribution in [0.5, 0.6) is 0 Å². The molecule has 1 atom stereocenters. The zero-order valence-corrected chi connectivity index (χ0v) is 12.9. The van der Waals surface area contributed by atoms with E-state index in [-0.39, 0.29) is 0 Å². The van der Waals surface area contributed by atoms with E-state index in [1.807, 2.05) is 6.07 Å². The Morgan fingerprint density at radius 2 is 2.00 bits per heavy atom. The van der Waals surface area contributed by atoms with Crippen molar-refractivity contribution in [1.29, 1.82) is 0 Å². The van der Waals surface area contributed by atoms with E-state index in [9.17, 15) is 0 Å². The third kappa shape index (κ3) is 4.75. The summed E-state index contributed by atoms with van der Waals surface area (Å²) in [5.74, 6) is 0. The van der Waals surface area contributed by atoms with Crippen LogP contribution in [0.15, 0.2) is 12.1 Å². The normalized spacial score (nSPS) is 13.0. The number of nitrogens with zero attached hydrogens (tertiary/aromatic N) is 2. The zero-order chi connectivity index (χ0) is 13.5. The highest BCUT2D eigenvalue weighted by molar-refractivity contribution is 6.32. The monoisotopic (exact) mass is 288 g/mol. The van der Waals surface area contributed by atoms with Crippen LogP contribution < -0.4 is 0 Å². The Morgan fingerprint density at radius 1 is 1.28 bits per heavy atom. The third-order valence-electron chi connectivity index (χ3n) is 3.28. The first kappa shape index (κ1) is 15.7. The molecule has 0 amide bonds. The van der Waals surface area contributed by atoms with Crippen molar-refractivity contribution in [2.45, 2.75) is 52.6 Å². The molecule has 1 aromatic heterocycles. The Bertz CT molecular complexity index is 369. The minimum atomic E-state index is 0.451.